The lowest BCUT2D eigenvalue weighted by Gasteiger charge is -2.35. The molecule has 1 aromatic heterocycles. The van der Waals surface area contributed by atoms with Crippen LogP contribution in [0.2, 0.25) is 0 Å². The maximum Gasteiger partial charge on any atom is 0.326 e. The number of fused-ring (bicyclic) bond motifs is 1. The molecule has 2 aromatic rings. The molecule has 0 radical (unpaired) electrons. The fraction of sp³-hybridized carbons (Fsp3) is 0.533. The molecule has 108 valence electrons. The summed E-state index contributed by atoms with van der Waals surface area (Å²) >= 11 is 0. The number of H-pyrrole nitrogens is 1. The lowest BCUT2D eigenvalue weighted by atomic mass is 10.0. The molecule has 0 spiro atoms. The predicted molar refractivity (Wildman–Crippen MR) is 77.5 cm³/mol. The molecule has 0 atom stereocenters. The van der Waals surface area contributed by atoms with Gasteiger partial charge in [0.15, 0.2) is 0 Å². The highest BCUT2D eigenvalue weighted by Gasteiger charge is 2.25. The first-order chi connectivity index (χ1) is 9.58. The third-order valence-electron chi connectivity index (χ3n) is 4.28. The van der Waals surface area contributed by atoms with Crippen LogP contribution in [-0.2, 0) is 0 Å². The van der Waals surface area contributed by atoms with E-state index in [1.165, 1.54) is 6.07 Å². The number of rotatable bonds is 2. The van der Waals surface area contributed by atoms with Gasteiger partial charge in [-0.15, -0.1) is 0 Å². The van der Waals surface area contributed by atoms with Crippen molar-refractivity contribution in [3.63, 3.8) is 0 Å². The Morgan fingerprint density at radius 3 is 2.65 bits per heavy atom. The molecule has 20 heavy (non-hydrogen) atoms. The van der Waals surface area contributed by atoms with Crippen LogP contribution in [0.3, 0.4) is 0 Å². The lowest BCUT2D eigenvalue weighted by molar-refractivity contribution is 0.152. The molecule has 1 fully saturated rings. The van der Waals surface area contributed by atoms with Crippen LogP contribution in [0.15, 0.2) is 23.0 Å². The van der Waals surface area contributed by atoms with Gasteiger partial charge in [-0.1, -0.05) is 6.07 Å². The average molecular weight is 277 g/mol. The van der Waals surface area contributed by atoms with Crippen molar-refractivity contribution in [2.45, 2.75) is 38.8 Å². The number of nitrogens with zero attached hydrogens (tertiary/aromatic N) is 2. The largest absolute Gasteiger partial charge is 0.326 e. The molecule has 3 rings (SSSR count). The van der Waals surface area contributed by atoms with Crippen molar-refractivity contribution >= 4 is 11.0 Å². The predicted octanol–water partition coefficient (Wildman–Crippen LogP) is 2.51. The van der Waals surface area contributed by atoms with Crippen LogP contribution in [0, 0.1) is 5.82 Å². The van der Waals surface area contributed by atoms with Crippen molar-refractivity contribution < 1.29 is 4.39 Å². The average Bonchev–Trinajstić information content (AvgIpc) is 2.76. The maximum atomic E-state index is 14.0. The van der Waals surface area contributed by atoms with Gasteiger partial charge in [-0.05, 0) is 38.8 Å². The first-order valence-electron chi connectivity index (χ1n) is 7.20. The molecule has 4 nitrogen and oxygen atoms in total. The number of aromatic amines is 1. The van der Waals surface area contributed by atoms with Gasteiger partial charge in [0.1, 0.15) is 11.3 Å². The van der Waals surface area contributed by atoms with E-state index in [-0.39, 0.29) is 17.5 Å². The monoisotopic (exact) mass is 277 g/mol. The molecule has 0 bridgehead atoms. The number of hydrogen-bond acceptors (Lipinski definition) is 2. The number of piperidine rings is 1. The standard InChI is InChI=1S/C15H20FN3O/c1-10(2)18-8-6-11(7-9-18)19-14-12(16)4-3-5-13(14)17-15(19)20/h3-5,10-11H,6-9H2,1-2H3,(H,17,20). The molecule has 1 aromatic carbocycles. The number of para-hydroxylation sites is 1. The van der Waals surface area contributed by atoms with Gasteiger partial charge in [0, 0.05) is 25.2 Å². The minimum absolute atomic E-state index is 0.0862. The summed E-state index contributed by atoms with van der Waals surface area (Å²) in [6.45, 7) is 6.27. The SMILES string of the molecule is CC(C)N1CCC(n2c(=O)[nH]c3cccc(F)c32)CC1. The topological polar surface area (TPSA) is 41.0 Å². The van der Waals surface area contributed by atoms with E-state index < -0.39 is 0 Å². The van der Waals surface area contributed by atoms with Crippen LogP contribution >= 0.6 is 0 Å². The number of likely N-dealkylation sites (tertiary alicyclic amines) is 1. The van der Waals surface area contributed by atoms with Gasteiger partial charge in [0.25, 0.3) is 0 Å². The summed E-state index contributed by atoms with van der Waals surface area (Å²) in [4.78, 5) is 17.3. The first kappa shape index (κ1) is 13.4. The number of hydrogen-bond donors (Lipinski definition) is 1. The third-order valence-corrected chi connectivity index (χ3v) is 4.28. The Morgan fingerprint density at radius 2 is 2.00 bits per heavy atom. The van der Waals surface area contributed by atoms with E-state index in [4.69, 9.17) is 0 Å². The van der Waals surface area contributed by atoms with Crippen LogP contribution in [0.25, 0.3) is 11.0 Å². The van der Waals surface area contributed by atoms with Gasteiger partial charge in [-0.25, -0.2) is 9.18 Å². The summed E-state index contributed by atoms with van der Waals surface area (Å²) in [5.41, 5.74) is 0.801. The van der Waals surface area contributed by atoms with Gasteiger partial charge in [-0.2, -0.15) is 0 Å². The molecular weight excluding hydrogens is 257 g/mol. The zero-order chi connectivity index (χ0) is 14.3. The van der Waals surface area contributed by atoms with Crippen molar-refractivity contribution in [2.75, 3.05) is 13.1 Å². The van der Waals surface area contributed by atoms with Crippen molar-refractivity contribution in [3.8, 4) is 0 Å². The molecule has 0 amide bonds. The molecule has 0 saturated carbocycles. The zero-order valence-electron chi connectivity index (χ0n) is 11.9. The minimum atomic E-state index is -0.327. The normalized spacial score (nSPS) is 18.2. The third kappa shape index (κ3) is 2.16. The summed E-state index contributed by atoms with van der Waals surface area (Å²) in [5.74, 6) is -0.327. The smallest absolute Gasteiger partial charge is 0.305 e. The molecule has 0 aliphatic carbocycles. The number of aromatic nitrogens is 2. The Balaban J connectivity index is 1.96. The van der Waals surface area contributed by atoms with E-state index in [1.54, 1.807) is 16.7 Å². The zero-order valence-corrected chi connectivity index (χ0v) is 11.9. The summed E-state index contributed by atoms with van der Waals surface area (Å²) in [6, 6.07) is 5.39. The van der Waals surface area contributed by atoms with Gasteiger partial charge in [0.05, 0.1) is 5.52 Å². The van der Waals surface area contributed by atoms with Gasteiger partial charge >= 0.3 is 5.69 Å². The first-order valence-corrected chi connectivity index (χ1v) is 7.20. The van der Waals surface area contributed by atoms with Crippen molar-refractivity contribution in [2.24, 2.45) is 0 Å². The highest BCUT2D eigenvalue weighted by Crippen LogP contribution is 2.26. The van der Waals surface area contributed by atoms with Crippen LogP contribution in [-0.4, -0.2) is 33.6 Å². The van der Waals surface area contributed by atoms with Crippen LogP contribution in [0.1, 0.15) is 32.7 Å². The minimum Gasteiger partial charge on any atom is -0.305 e. The second-order valence-corrected chi connectivity index (χ2v) is 5.80. The van der Waals surface area contributed by atoms with Crippen molar-refractivity contribution in [1.82, 2.24) is 14.5 Å². The van der Waals surface area contributed by atoms with E-state index in [0.717, 1.165) is 25.9 Å². The number of halogens is 1. The Kier molecular flexibility index (Phi) is 3.38. The summed E-state index contributed by atoms with van der Waals surface area (Å²) in [5, 5.41) is 0. The molecular formula is C15H20FN3O. The van der Waals surface area contributed by atoms with E-state index in [1.807, 2.05) is 0 Å². The van der Waals surface area contributed by atoms with Crippen molar-refractivity contribution in [1.29, 1.82) is 0 Å². The molecule has 1 N–H and O–H groups in total. The number of nitrogens with one attached hydrogen (secondary N) is 1. The van der Waals surface area contributed by atoms with Crippen LogP contribution in [0.4, 0.5) is 4.39 Å². The summed E-state index contributed by atoms with van der Waals surface area (Å²) < 4.78 is 15.6. The molecule has 5 heteroatoms. The highest BCUT2D eigenvalue weighted by molar-refractivity contribution is 5.75. The second-order valence-electron chi connectivity index (χ2n) is 5.80. The molecule has 1 aliphatic rings. The Labute approximate surface area is 117 Å². The summed E-state index contributed by atoms with van der Waals surface area (Å²) in [7, 11) is 0. The number of benzene rings is 1. The van der Waals surface area contributed by atoms with Gasteiger partial charge in [0.2, 0.25) is 0 Å². The highest BCUT2D eigenvalue weighted by atomic mass is 19.1. The quantitative estimate of drug-likeness (QED) is 0.916. The second kappa shape index (κ2) is 5.05. The van der Waals surface area contributed by atoms with Crippen LogP contribution < -0.4 is 5.69 Å². The Bertz CT molecular complexity index is 665. The molecule has 1 saturated heterocycles. The van der Waals surface area contributed by atoms with E-state index in [2.05, 4.69) is 23.7 Å². The molecule has 0 unspecified atom stereocenters. The Hall–Kier alpha value is -1.62. The maximum absolute atomic E-state index is 14.0. The molecule has 2 heterocycles. The van der Waals surface area contributed by atoms with E-state index in [9.17, 15) is 9.18 Å². The fourth-order valence-electron chi connectivity index (χ4n) is 3.15. The Morgan fingerprint density at radius 1 is 1.30 bits per heavy atom. The van der Waals surface area contributed by atoms with E-state index in [0.29, 0.717) is 17.1 Å². The number of imidazole rings is 1. The summed E-state index contributed by atoms with van der Waals surface area (Å²) in [6.07, 6.45) is 1.78. The lowest BCUT2D eigenvalue weighted by Crippen LogP contribution is -2.40. The fourth-order valence-corrected chi connectivity index (χ4v) is 3.15. The van der Waals surface area contributed by atoms with Crippen molar-refractivity contribution in [3.05, 3.63) is 34.5 Å². The van der Waals surface area contributed by atoms with Crippen LogP contribution in [0.5, 0.6) is 0 Å². The van der Waals surface area contributed by atoms with Gasteiger partial charge < -0.3 is 9.88 Å². The molecule has 1 aliphatic heterocycles. The van der Waals surface area contributed by atoms with E-state index >= 15 is 0 Å². The van der Waals surface area contributed by atoms with Gasteiger partial charge in [-0.3, -0.25) is 4.57 Å².